The van der Waals surface area contributed by atoms with Gasteiger partial charge in [-0.05, 0) is 120 Å². The molecule has 4 aromatic carbocycles. The summed E-state index contributed by atoms with van der Waals surface area (Å²) in [5, 5.41) is 19.2. The summed E-state index contributed by atoms with van der Waals surface area (Å²) in [5.74, 6) is -3.72. The first-order valence-corrected chi connectivity index (χ1v) is 21.1. The van der Waals surface area contributed by atoms with Crippen LogP contribution in [0.1, 0.15) is 146 Å². The van der Waals surface area contributed by atoms with Crippen molar-refractivity contribution in [2.45, 2.75) is 95.9 Å². The number of nitrogens with zero attached hydrogens (tertiary/aromatic N) is 1. The molecule has 0 saturated heterocycles. The summed E-state index contributed by atoms with van der Waals surface area (Å²) in [4.78, 5) is 54.8. The molecule has 4 aliphatic rings. The summed E-state index contributed by atoms with van der Waals surface area (Å²) in [7, 11) is 0. The number of fused-ring (bicyclic) bond motifs is 7. The lowest BCUT2D eigenvalue weighted by molar-refractivity contribution is 0.0651. The van der Waals surface area contributed by atoms with Crippen molar-refractivity contribution in [2.24, 2.45) is 0 Å². The van der Waals surface area contributed by atoms with Gasteiger partial charge in [0, 0.05) is 49.6 Å². The van der Waals surface area contributed by atoms with Gasteiger partial charge in [0.15, 0.2) is 11.6 Å². The topological polar surface area (TPSA) is 112 Å². The molecule has 288 valence electrons. The maximum atomic E-state index is 13.4. The molecule has 3 aliphatic carbocycles. The molecule has 0 bridgehead atoms. The molecule has 0 radical (unpaired) electrons. The standard InChI is InChI=1S/C49H45NO6S/c1-4-6-19-49(20-7-5-2)39-13-9-8-11-30(39)32-23-29(16-17-40(32)49)50-41-14-10-12-31(41)33-22-28(15-18-42(33)50)44-21-27(3)43(57-44)26-38-45(51)34-24-36(47(53)54)37(48(55)56)25-35(34)46(38)52/h8-9,11,13,15-18,21-26,31,41H,4-7,10,12,14,19-20H2,1-3H3,(H,53,54)(H,55,56). The summed E-state index contributed by atoms with van der Waals surface area (Å²) in [6, 6.07) is 27.7. The van der Waals surface area contributed by atoms with Crippen LogP contribution < -0.4 is 4.90 Å². The Bertz CT molecular complexity index is 2510. The van der Waals surface area contributed by atoms with Crippen molar-refractivity contribution in [1.29, 1.82) is 0 Å². The van der Waals surface area contributed by atoms with Crippen LogP contribution in [-0.4, -0.2) is 39.8 Å². The minimum absolute atomic E-state index is 0.0634. The molecular formula is C49H45NO6S. The van der Waals surface area contributed by atoms with Crippen molar-refractivity contribution in [3.8, 4) is 21.6 Å². The second-order valence-electron chi connectivity index (χ2n) is 16.2. The number of benzene rings is 4. The molecule has 2 atom stereocenters. The molecule has 7 nitrogen and oxygen atoms in total. The number of hydrogen-bond donors (Lipinski definition) is 2. The maximum absolute atomic E-state index is 13.4. The molecule has 1 saturated carbocycles. The first kappa shape index (κ1) is 37.0. The van der Waals surface area contributed by atoms with E-state index in [-0.39, 0.29) is 22.1 Å². The first-order valence-electron chi connectivity index (χ1n) is 20.3. The van der Waals surface area contributed by atoms with Crippen molar-refractivity contribution < 1.29 is 29.4 Å². The Morgan fingerprint density at radius 2 is 1.46 bits per heavy atom. The third-order valence-electron chi connectivity index (χ3n) is 13.1. The predicted molar refractivity (Wildman–Crippen MR) is 226 cm³/mol. The molecule has 2 unspecified atom stereocenters. The fourth-order valence-electron chi connectivity index (χ4n) is 10.3. The third-order valence-corrected chi connectivity index (χ3v) is 14.3. The van der Waals surface area contributed by atoms with Gasteiger partial charge < -0.3 is 15.1 Å². The van der Waals surface area contributed by atoms with Gasteiger partial charge in [0.05, 0.1) is 16.7 Å². The van der Waals surface area contributed by atoms with E-state index in [2.05, 4.69) is 85.5 Å². The fourth-order valence-corrected chi connectivity index (χ4v) is 11.4. The number of aromatic carboxylic acids is 2. The number of carbonyl (C=O) groups excluding carboxylic acids is 2. The van der Waals surface area contributed by atoms with E-state index in [1.54, 1.807) is 6.08 Å². The van der Waals surface area contributed by atoms with Gasteiger partial charge in [-0.25, -0.2) is 9.59 Å². The van der Waals surface area contributed by atoms with Crippen LogP contribution >= 0.6 is 11.3 Å². The Hall–Kier alpha value is -5.60. The number of thiophene rings is 1. The quantitative estimate of drug-likeness (QED) is 0.101. The molecule has 2 heterocycles. The number of ketones is 2. The summed E-state index contributed by atoms with van der Waals surface area (Å²) >= 11 is 1.50. The Balaban J connectivity index is 1.06. The lowest BCUT2D eigenvalue weighted by Gasteiger charge is -2.33. The van der Waals surface area contributed by atoms with E-state index in [1.165, 1.54) is 95.5 Å². The third kappa shape index (κ3) is 5.74. The molecule has 1 aliphatic heterocycles. The van der Waals surface area contributed by atoms with E-state index in [0.717, 1.165) is 45.9 Å². The smallest absolute Gasteiger partial charge is 0.336 e. The van der Waals surface area contributed by atoms with Crippen LogP contribution in [0.15, 0.2) is 84.4 Å². The Labute approximate surface area is 336 Å². The van der Waals surface area contributed by atoms with Crippen LogP contribution in [0.3, 0.4) is 0 Å². The zero-order valence-corrected chi connectivity index (χ0v) is 33.3. The number of anilines is 2. The number of aryl methyl sites for hydroxylation is 1. The number of carboxylic acids is 2. The Kier molecular flexibility index (Phi) is 9.15. The molecule has 57 heavy (non-hydrogen) atoms. The van der Waals surface area contributed by atoms with Gasteiger partial charge in [0.1, 0.15) is 0 Å². The number of unbranched alkanes of at least 4 members (excludes halogenated alkanes) is 2. The van der Waals surface area contributed by atoms with Crippen molar-refractivity contribution in [1.82, 2.24) is 0 Å². The largest absolute Gasteiger partial charge is 0.478 e. The van der Waals surface area contributed by atoms with E-state index in [1.807, 2.05) is 6.92 Å². The maximum Gasteiger partial charge on any atom is 0.336 e. The molecule has 1 fully saturated rings. The van der Waals surface area contributed by atoms with E-state index in [4.69, 9.17) is 0 Å². The Morgan fingerprint density at radius 3 is 2.12 bits per heavy atom. The van der Waals surface area contributed by atoms with Crippen LogP contribution in [0.5, 0.6) is 0 Å². The summed E-state index contributed by atoms with van der Waals surface area (Å²) in [6.07, 6.45) is 12.2. The van der Waals surface area contributed by atoms with Gasteiger partial charge >= 0.3 is 11.9 Å². The normalized spacial score (nSPS) is 18.4. The lowest BCUT2D eigenvalue weighted by atomic mass is 9.71. The number of allylic oxidation sites excluding steroid dienone is 1. The van der Waals surface area contributed by atoms with Crippen molar-refractivity contribution in [2.75, 3.05) is 4.90 Å². The lowest BCUT2D eigenvalue weighted by Crippen LogP contribution is -2.27. The van der Waals surface area contributed by atoms with Gasteiger partial charge in [-0.3, -0.25) is 9.59 Å². The molecular weight excluding hydrogens is 731 g/mol. The van der Waals surface area contributed by atoms with Crippen molar-refractivity contribution in [3.05, 3.63) is 134 Å². The highest BCUT2D eigenvalue weighted by atomic mass is 32.1. The second-order valence-corrected chi connectivity index (χ2v) is 17.3. The fraction of sp³-hybridized carbons (Fsp3) is 0.306. The monoisotopic (exact) mass is 775 g/mol. The highest BCUT2D eigenvalue weighted by Crippen LogP contribution is 2.58. The van der Waals surface area contributed by atoms with Gasteiger partial charge in [0.25, 0.3) is 0 Å². The van der Waals surface area contributed by atoms with E-state index in [9.17, 15) is 29.4 Å². The summed E-state index contributed by atoms with van der Waals surface area (Å²) in [6.45, 7) is 6.54. The summed E-state index contributed by atoms with van der Waals surface area (Å²) in [5.41, 5.74) is 10.4. The molecule has 5 aromatic rings. The van der Waals surface area contributed by atoms with Gasteiger partial charge in [0.2, 0.25) is 0 Å². The minimum Gasteiger partial charge on any atom is -0.478 e. The van der Waals surface area contributed by atoms with E-state index >= 15 is 0 Å². The van der Waals surface area contributed by atoms with E-state index < -0.39 is 34.6 Å². The molecule has 0 spiro atoms. The zero-order valence-electron chi connectivity index (χ0n) is 32.5. The average Bonchev–Trinajstić information content (AvgIpc) is 4.01. The SMILES string of the molecule is CCCCC1(CCCC)c2ccccc2-c2cc(N3c4ccc(-c5cc(C)c(C=C6C(=O)c7cc(C(=O)O)c(C(=O)O)cc7C6=O)s5)cc4C4CCCC43)ccc21. The summed E-state index contributed by atoms with van der Waals surface area (Å²) < 4.78 is 0. The van der Waals surface area contributed by atoms with Crippen molar-refractivity contribution >= 4 is 52.3 Å². The van der Waals surface area contributed by atoms with Gasteiger partial charge in [-0.15, -0.1) is 11.3 Å². The first-order chi connectivity index (χ1) is 27.6. The van der Waals surface area contributed by atoms with Crippen LogP contribution in [0.25, 0.3) is 27.6 Å². The second kappa shape index (κ2) is 14.1. The number of carboxylic acid groups (broad SMARTS) is 2. The van der Waals surface area contributed by atoms with Crippen LogP contribution in [0.4, 0.5) is 11.4 Å². The van der Waals surface area contributed by atoms with Crippen LogP contribution in [0.2, 0.25) is 0 Å². The molecule has 9 rings (SSSR count). The molecule has 0 amide bonds. The number of Topliss-reactive ketones (excluding diaryl/α,β-unsaturated/α-hetero) is 2. The van der Waals surface area contributed by atoms with Crippen molar-refractivity contribution in [3.63, 3.8) is 0 Å². The van der Waals surface area contributed by atoms with Gasteiger partial charge in [-0.1, -0.05) is 82.3 Å². The molecule has 1 aromatic heterocycles. The highest BCUT2D eigenvalue weighted by Gasteiger charge is 2.45. The van der Waals surface area contributed by atoms with Crippen LogP contribution in [-0.2, 0) is 5.41 Å². The predicted octanol–water partition coefficient (Wildman–Crippen LogP) is 12.0. The highest BCUT2D eigenvalue weighted by molar-refractivity contribution is 7.16. The van der Waals surface area contributed by atoms with Crippen LogP contribution in [0, 0.1) is 6.92 Å². The average molecular weight is 776 g/mol. The Morgan fingerprint density at radius 1 is 0.789 bits per heavy atom. The molecule has 8 heteroatoms. The number of rotatable bonds is 11. The molecule has 2 N–H and O–H groups in total. The van der Waals surface area contributed by atoms with E-state index in [0.29, 0.717) is 12.0 Å². The van der Waals surface area contributed by atoms with Gasteiger partial charge in [-0.2, -0.15) is 0 Å². The number of carbonyl (C=O) groups is 4. The minimum atomic E-state index is -1.47. The number of hydrogen-bond acceptors (Lipinski definition) is 6. The zero-order chi connectivity index (χ0) is 39.7.